The highest BCUT2D eigenvalue weighted by atomic mass is 16.2. The predicted molar refractivity (Wildman–Crippen MR) is 101 cm³/mol. The molecular weight excluding hydrogens is 324 g/mol. The summed E-state index contributed by atoms with van der Waals surface area (Å²) in [5.74, 6) is -0.0611. The fourth-order valence-corrected chi connectivity index (χ4v) is 3.37. The van der Waals surface area contributed by atoms with E-state index in [2.05, 4.69) is 26.3 Å². The average Bonchev–Trinajstić information content (AvgIpc) is 3.12. The molecule has 0 bridgehead atoms. The number of imidazole rings is 1. The van der Waals surface area contributed by atoms with Gasteiger partial charge in [-0.2, -0.15) is 0 Å². The van der Waals surface area contributed by atoms with Crippen LogP contribution in [0.5, 0.6) is 0 Å². The molecule has 4 aromatic rings. The SMILES string of the molecule is O=C1NC(c2ccc(-n3cnc4ccccc43)cc2)Nc2ccccc21. The normalized spacial score (nSPS) is 16.0. The first-order valence-corrected chi connectivity index (χ1v) is 8.48. The molecule has 1 amide bonds. The maximum Gasteiger partial charge on any atom is 0.255 e. The van der Waals surface area contributed by atoms with E-state index >= 15 is 0 Å². The summed E-state index contributed by atoms with van der Waals surface area (Å²) in [5.41, 5.74) is 5.59. The van der Waals surface area contributed by atoms with Crippen molar-refractivity contribution in [1.82, 2.24) is 14.9 Å². The molecule has 2 heterocycles. The highest BCUT2D eigenvalue weighted by Gasteiger charge is 2.23. The van der Waals surface area contributed by atoms with Gasteiger partial charge >= 0.3 is 0 Å². The molecule has 1 aliphatic heterocycles. The van der Waals surface area contributed by atoms with Gasteiger partial charge in [-0.3, -0.25) is 9.36 Å². The average molecular weight is 340 g/mol. The lowest BCUT2D eigenvalue weighted by Crippen LogP contribution is -2.38. The topological polar surface area (TPSA) is 59.0 Å². The molecule has 0 radical (unpaired) electrons. The minimum absolute atomic E-state index is 0.0611. The second kappa shape index (κ2) is 5.74. The Balaban J connectivity index is 1.47. The lowest BCUT2D eigenvalue weighted by Gasteiger charge is -2.28. The molecule has 0 aliphatic carbocycles. The van der Waals surface area contributed by atoms with E-state index in [1.807, 2.05) is 73.1 Å². The van der Waals surface area contributed by atoms with Crippen LogP contribution in [0.4, 0.5) is 5.69 Å². The van der Waals surface area contributed by atoms with E-state index in [0.29, 0.717) is 5.56 Å². The number of anilines is 1. The van der Waals surface area contributed by atoms with Crippen molar-refractivity contribution in [3.8, 4) is 5.69 Å². The van der Waals surface area contributed by atoms with Gasteiger partial charge in [0.2, 0.25) is 0 Å². The molecule has 0 spiro atoms. The summed E-state index contributed by atoms with van der Waals surface area (Å²) in [4.78, 5) is 16.7. The van der Waals surface area contributed by atoms with Crippen LogP contribution in [0.15, 0.2) is 79.1 Å². The van der Waals surface area contributed by atoms with Crippen molar-refractivity contribution >= 4 is 22.6 Å². The van der Waals surface area contributed by atoms with Gasteiger partial charge in [-0.15, -0.1) is 0 Å². The molecule has 5 nitrogen and oxygen atoms in total. The van der Waals surface area contributed by atoms with Crippen LogP contribution in [0.3, 0.4) is 0 Å². The van der Waals surface area contributed by atoms with E-state index in [1.165, 1.54) is 0 Å². The summed E-state index contributed by atoms with van der Waals surface area (Å²) < 4.78 is 2.06. The van der Waals surface area contributed by atoms with Crippen LogP contribution in [-0.4, -0.2) is 15.5 Å². The smallest absolute Gasteiger partial charge is 0.255 e. The zero-order valence-corrected chi connectivity index (χ0v) is 13.9. The number of carbonyl (C=O) groups is 1. The molecule has 1 aromatic heterocycles. The van der Waals surface area contributed by atoms with Gasteiger partial charge in [0.15, 0.2) is 0 Å². The number of nitrogens with one attached hydrogen (secondary N) is 2. The molecule has 0 saturated heterocycles. The maximum absolute atomic E-state index is 12.3. The summed E-state index contributed by atoms with van der Waals surface area (Å²) >= 11 is 0. The lowest BCUT2D eigenvalue weighted by molar-refractivity contribution is 0.0935. The number of nitrogens with zero attached hydrogens (tertiary/aromatic N) is 2. The number of aromatic nitrogens is 2. The third kappa shape index (κ3) is 2.33. The molecule has 0 fully saturated rings. The summed E-state index contributed by atoms with van der Waals surface area (Å²) in [6.07, 6.45) is 1.59. The van der Waals surface area contributed by atoms with Crippen LogP contribution in [-0.2, 0) is 0 Å². The minimum atomic E-state index is -0.244. The first-order chi connectivity index (χ1) is 12.8. The minimum Gasteiger partial charge on any atom is -0.361 e. The molecule has 1 unspecified atom stereocenters. The van der Waals surface area contributed by atoms with Gasteiger partial charge in [-0.25, -0.2) is 4.98 Å². The van der Waals surface area contributed by atoms with E-state index in [0.717, 1.165) is 28.0 Å². The highest BCUT2D eigenvalue weighted by Crippen LogP contribution is 2.27. The number of rotatable bonds is 2. The highest BCUT2D eigenvalue weighted by molar-refractivity contribution is 6.01. The predicted octanol–water partition coefficient (Wildman–Crippen LogP) is 3.88. The third-order valence-electron chi connectivity index (χ3n) is 4.71. The van der Waals surface area contributed by atoms with Gasteiger partial charge in [0, 0.05) is 11.4 Å². The molecule has 1 atom stereocenters. The summed E-state index contributed by atoms with van der Waals surface area (Å²) in [6.45, 7) is 0. The summed E-state index contributed by atoms with van der Waals surface area (Å²) in [7, 11) is 0. The van der Waals surface area contributed by atoms with Gasteiger partial charge in [0.25, 0.3) is 5.91 Å². The Morgan fingerprint density at radius 3 is 2.50 bits per heavy atom. The molecule has 3 aromatic carbocycles. The zero-order chi connectivity index (χ0) is 17.5. The fourth-order valence-electron chi connectivity index (χ4n) is 3.37. The monoisotopic (exact) mass is 340 g/mol. The summed E-state index contributed by atoms with van der Waals surface area (Å²) in [6, 6.07) is 23.7. The quantitative estimate of drug-likeness (QED) is 0.582. The van der Waals surface area contributed by atoms with E-state index in [1.54, 1.807) is 0 Å². The molecule has 5 rings (SSSR count). The molecule has 5 heteroatoms. The molecule has 126 valence electrons. The van der Waals surface area contributed by atoms with Crippen LogP contribution in [0, 0.1) is 0 Å². The van der Waals surface area contributed by atoms with Crippen LogP contribution >= 0.6 is 0 Å². The van der Waals surface area contributed by atoms with Crippen molar-refractivity contribution in [2.24, 2.45) is 0 Å². The molecule has 0 saturated carbocycles. The van der Waals surface area contributed by atoms with Crippen molar-refractivity contribution in [2.75, 3.05) is 5.32 Å². The van der Waals surface area contributed by atoms with Crippen molar-refractivity contribution in [3.05, 3.63) is 90.3 Å². The number of hydrogen-bond acceptors (Lipinski definition) is 3. The number of carbonyl (C=O) groups excluding carboxylic acids is 1. The first-order valence-electron chi connectivity index (χ1n) is 8.48. The zero-order valence-electron chi connectivity index (χ0n) is 13.9. The van der Waals surface area contributed by atoms with Crippen LogP contribution < -0.4 is 10.6 Å². The Labute approximate surface area is 150 Å². The van der Waals surface area contributed by atoms with Crippen molar-refractivity contribution in [1.29, 1.82) is 0 Å². The number of hydrogen-bond donors (Lipinski definition) is 2. The van der Waals surface area contributed by atoms with Crippen molar-refractivity contribution < 1.29 is 4.79 Å². The van der Waals surface area contributed by atoms with Crippen molar-refractivity contribution in [3.63, 3.8) is 0 Å². The van der Waals surface area contributed by atoms with Crippen LogP contribution in [0.2, 0.25) is 0 Å². The molecule has 1 aliphatic rings. The standard InChI is InChI=1S/C21H16N4O/c26-21-16-5-1-2-6-17(16)23-20(24-21)14-9-11-15(12-10-14)25-13-22-18-7-3-4-8-19(18)25/h1-13,20,23H,(H,24,26). The number of amides is 1. The third-order valence-corrected chi connectivity index (χ3v) is 4.71. The molecule has 2 N–H and O–H groups in total. The van der Waals surface area contributed by atoms with E-state index in [-0.39, 0.29) is 12.1 Å². The Hall–Kier alpha value is -3.60. The van der Waals surface area contributed by atoms with Crippen molar-refractivity contribution in [2.45, 2.75) is 6.17 Å². The van der Waals surface area contributed by atoms with E-state index in [4.69, 9.17) is 0 Å². The molecular formula is C21H16N4O. The Bertz CT molecular complexity index is 1110. The van der Waals surface area contributed by atoms with Gasteiger partial charge in [0.1, 0.15) is 12.5 Å². The van der Waals surface area contributed by atoms with E-state index < -0.39 is 0 Å². The van der Waals surface area contributed by atoms with Gasteiger partial charge in [0.05, 0.1) is 16.6 Å². The van der Waals surface area contributed by atoms with Gasteiger partial charge in [-0.05, 0) is 42.0 Å². The van der Waals surface area contributed by atoms with Crippen LogP contribution in [0.1, 0.15) is 22.1 Å². The van der Waals surface area contributed by atoms with Crippen LogP contribution in [0.25, 0.3) is 16.7 Å². The largest absolute Gasteiger partial charge is 0.361 e. The molecule has 26 heavy (non-hydrogen) atoms. The Morgan fingerprint density at radius 1 is 0.846 bits per heavy atom. The second-order valence-electron chi connectivity index (χ2n) is 6.29. The summed E-state index contributed by atoms with van der Waals surface area (Å²) in [5, 5.41) is 6.38. The Kier molecular flexibility index (Phi) is 3.25. The maximum atomic E-state index is 12.3. The second-order valence-corrected chi connectivity index (χ2v) is 6.29. The fraction of sp³-hybridized carbons (Fsp3) is 0.0476. The Morgan fingerprint density at radius 2 is 1.62 bits per heavy atom. The lowest BCUT2D eigenvalue weighted by atomic mass is 10.1. The number of para-hydroxylation sites is 3. The number of benzene rings is 3. The van der Waals surface area contributed by atoms with E-state index in [9.17, 15) is 4.79 Å². The first kappa shape index (κ1) is 14.7. The number of fused-ring (bicyclic) bond motifs is 2. The van der Waals surface area contributed by atoms with Gasteiger partial charge in [-0.1, -0.05) is 36.4 Å². The van der Waals surface area contributed by atoms with Gasteiger partial charge < -0.3 is 10.6 Å².